The molecule has 6 nitrogen and oxygen atoms in total. The molecule has 0 aliphatic rings. The van der Waals surface area contributed by atoms with Crippen LogP contribution >= 0.6 is 0 Å². The molecular weight excluding hydrogens is 333 g/mol. The van der Waals surface area contributed by atoms with Gasteiger partial charge in [-0.2, -0.15) is 10.2 Å². The summed E-state index contributed by atoms with van der Waals surface area (Å²) in [4.78, 5) is 12.8. The Kier molecular flexibility index (Phi) is 3.76. The first kappa shape index (κ1) is 16.0. The van der Waals surface area contributed by atoms with E-state index in [1.807, 2.05) is 13.2 Å². The predicted molar refractivity (Wildman–Crippen MR) is 97.3 cm³/mol. The van der Waals surface area contributed by atoms with Crippen molar-refractivity contribution in [2.75, 3.05) is 5.32 Å². The van der Waals surface area contributed by atoms with Crippen LogP contribution < -0.4 is 5.32 Å². The lowest BCUT2D eigenvalue weighted by Gasteiger charge is -2.08. The van der Waals surface area contributed by atoms with E-state index in [9.17, 15) is 9.18 Å². The van der Waals surface area contributed by atoms with Crippen molar-refractivity contribution >= 4 is 22.5 Å². The monoisotopic (exact) mass is 349 g/mol. The van der Waals surface area contributed by atoms with Crippen LogP contribution in [0.15, 0.2) is 54.9 Å². The Morgan fingerprint density at radius 1 is 1.12 bits per heavy atom. The van der Waals surface area contributed by atoms with Crippen LogP contribution in [0.4, 0.5) is 10.2 Å². The lowest BCUT2D eigenvalue weighted by Crippen LogP contribution is -2.15. The first-order valence-corrected chi connectivity index (χ1v) is 8.04. The molecule has 2 heterocycles. The zero-order valence-corrected chi connectivity index (χ0v) is 14.3. The first-order chi connectivity index (χ1) is 12.5. The number of hydrogen-bond acceptors (Lipinski definition) is 3. The fraction of sp³-hybridized carbons (Fsp3) is 0.105. The molecule has 7 heteroatoms. The number of rotatable bonds is 3. The third-order valence-electron chi connectivity index (χ3n) is 4.24. The maximum Gasteiger partial charge on any atom is 0.257 e. The van der Waals surface area contributed by atoms with Crippen LogP contribution in [-0.4, -0.2) is 25.5 Å². The van der Waals surface area contributed by atoms with Gasteiger partial charge in [-0.05, 0) is 17.5 Å². The number of carbonyl (C=O) groups is 1. The Bertz CT molecular complexity index is 1130. The molecule has 0 aliphatic carbocycles. The molecule has 2 aromatic carbocycles. The molecule has 1 amide bonds. The molecule has 0 saturated carbocycles. The second-order valence-electron chi connectivity index (χ2n) is 6.04. The summed E-state index contributed by atoms with van der Waals surface area (Å²) in [6.07, 6.45) is 3.56. The SMILES string of the molecule is Cn1cc(-c2cc(NC(=O)c3ccc(F)c4ccccc34)n(C)n2)cn1. The van der Waals surface area contributed by atoms with Gasteiger partial charge in [-0.25, -0.2) is 4.39 Å². The van der Waals surface area contributed by atoms with Crippen molar-refractivity contribution in [3.05, 3.63) is 66.2 Å². The van der Waals surface area contributed by atoms with Gasteiger partial charge in [-0.1, -0.05) is 24.3 Å². The fourth-order valence-corrected chi connectivity index (χ4v) is 2.92. The third kappa shape index (κ3) is 2.73. The minimum absolute atomic E-state index is 0.318. The van der Waals surface area contributed by atoms with Crippen molar-refractivity contribution in [3.63, 3.8) is 0 Å². The number of hydrogen-bond donors (Lipinski definition) is 1. The average molecular weight is 349 g/mol. The van der Waals surface area contributed by atoms with E-state index in [-0.39, 0.29) is 11.7 Å². The smallest absolute Gasteiger partial charge is 0.257 e. The molecule has 0 saturated heterocycles. The van der Waals surface area contributed by atoms with Gasteiger partial charge in [-0.15, -0.1) is 0 Å². The van der Waals surface area contributed by atoms with Gasteiger partial charge in [0.05, 0.1) is 11.9 Å². The molecule has 130 valence electrons. The summed E-state index contributed by atoms with van der Waals surface area (Å²) in [5, 5.41) is 12.4. The fourth-order valence-electron chi connectivity index (χ4n) is 2.92. The second-order valence-corrected chi connectivity index (χ2v) is 6.04. The van der Waals surface area contributed by atoms with E-state index in [2.05, 4.69) is 15.5 Å². The Morgan fingerprint density at radius 2 is 1.88 bits per heavy atom. The third-order valence-corrected chi connectivity index (χ3v) is 4.24. The highest BCUT2D eigenvalue weighted by Gasteiger charge is 2.15. The number of fused-ring (bicyclic) bond motifs is 1. The number of anilines is 1. The summed E-state index contributed by atoms with van der Waals surface area (Å²) in [6.45, 7) is 0. The molecule has 0 spiro atoms. The molecular formula is C19H16FN5O. The summed E-state index contributed by atoms with van der Waals surface area (Å²) >= 11 is 0. The average Bonchev–Trinajstić information content (AvgIpc) is 3.21. The molecule has 0 bridgehead atoms. The zero-order chi connectivity index (χ0) is 18.3. The minimum Gasteiger partial charge on any atom is -0.307 e. The van der Waals surface area contributed by atoms with E-state index in [0.717, 1.165) is 5.56 Å². The number of aryl methyl sites for hydroxylation is 2. The lowest BCUT2D eigenvalue weighted by atomic mass is 10.0. The summed E-state index contributed by atoms with van der Waals surface area (Å²) in [5.41, 5.74) is 1.97. The van der Waals surface area contributed by atoms with Crippen LogP contribution in [0.3, 0.4) is 0 Å². The van der Waals surface area contributed by atoms with E-state index in [1.54, 1.807) is 52.9 Å². The van der Waals surface area contributed by atoms with Crippen molar-refractivity contribution in [2.45, 2.75) is 0 Å². The first-order valence-electron chi connectivity index (χ1n) is 8.04. The van der Waals surface area contributed by atoms with Gasteiger partial charge < -0.3 is 5.32 Å². The standard InChI is InChI=1S/C19H16FN5O/c1-24-11-12(10-21-24)17-9-18(25(2)23-17)22-19(26)15-7-8-16(20)14-6-4-3-5-13(14)15/h3-11H,1-2H3,(H,22,26). The number of halogens is 1. The Hall–Kier alpha value is -3.48. The molecule has 0 fully saturated rings. The molecule has 4 aromatic rings. The van der Waals surface area contributed by atoms with Crippen LogP contribution in [0.25, 0.3) is 22.0 Å². The molecule has 0 unspecified atom stereocenters. The summed E-state index contributed by atoms with van der Waals surface area (Å²) in [5.74, 6) is -0.124. The van der Waals surface area contributed by atoms with Crippen LogP contribution in [0.2, 0.25) is 0 Å². The van der Waals surface area contributed by atoms with Gasteiger partial charge in [0, 0.05) is 42.9 Å². The number of nitrogens with one attached hydrogen (secondary N) is 1. The molecule has 0 radical (unpaired) electrons. The summed E-state index contributed by atoms with van der Waals surface area (Å²) in [7, 11) is 3.58. The van der Waals surface area contributed by atoms with Crippen molar-refractivity contribution in [2.24, 2.45) is 14.1 Å². The molecule has 0 aliphatic heterocycles. The van der Waals surface area contributed by atoms with E-state index in [0.29, 0.717) is 27.8 Å². The van der Waals surface area contributed by atoms with Gasteiger partial charge in [0.1, 0.15) is 11.6 Å². The number of nitrogens with zero attached hydrogens (tertiary/aromatic N) is 4. The van der Waals surface area contributed by atoms with E-state index < -0.39 is 0 Å². The van der Waals surface area contributed by atoms with Crippen LogP contribution in [0, 0.1) is 5.82 Å². The van der Waals surface area contributed by atoms with Crippen molar-refractivity contribution in [1.82, 2.24) is 19.6 Å². The maximum atomic E-state index is 14.0. The van der Waals surface area contributed by atoms with Gasteiger partial charge >= 0.3 is 0 Å². The van der Waals surface area contributed by atoms with Crippen LogP contribution in [0.5, 0.6) is 0 Å². The van der Waals surface area contributed by atoms with Crippen molar-refractivity contribution in [1.29, 1.82) is 0 Å². The number of benzene rings is 2. The van der Waals surface area contributed by atoms with Gasteiger partial charge in [0.25, 0.3) is 5.91 Å². The number of carbonyl (C=O) groups excluding carboxylic acids is 1. The van der Waals surface area contributed by atoms with Gasteiger partial charge in [0.2, 0.25) is 0 Å². The minimum atomic E-state index is -0.350. The number of amides is 1. The Balaban J connectivity index is 1.67. The maximum absolute atomic E-state index is 14.0. The highest BCUT2D eigenvalue weighted by Crippen LogP contribution is 2.24. The largest absolute Gasteiger partial charge is 0.307 e. The molecule has 0 atom stereocenters. The van der Waals surface area contributed by atoms with Crippen LogP contribution in [0.1, 0.15) is 10.4 Å². The molecule has 4 rings (SSSR count). The highest BCUT2D eigenvalue weighted by molar-refractivity contribution is 6.12. The predicted octanol–water partition coefficient (Wildman–Crippen LogP) is 3.37. The lowest BCUT2D eigenvalue weighted by molar-refractivity contribution is 0.102. The second kappa shape index (κ2) is 6.11. The quantitative estimate of drug-likeness (QED) is 0.617. The normalized spacial score (nSPS) is 11.0. The highest BCUT2D eigenvalue weighted by atomic mass is 19.1. The zero-order valence-electron chi connectivity index (χ0n) is 14.3. The van der Waals surface area contributed by atoms with Crippen molar-refractivity contribution in [3.8, 4) is 11.3 Å². The molecule has 2 aromatic heterocycles. The molecule has 26 heavy (non-hydrogen) atoms. The van der Waals surface area contributed by atoms with Crippen molar-refractivity contribution < 1.29 is 9.18 Å². The Labute approximate surface area is 148 Å². The molecule has 1 N–H and O–H groups in total. The topological polar surface area (TPSA) is 64.7 Å². The van der Waals surface area contributed by atoms with Gasteiger partial charge in [-0.3, -0.25) is 14.2 Å². The van der Waals surface area contributed by atoms with E-state index in [1.165, 1.54) is 12.1 Å². The van der Waals surface area contributed by atoms with Crippen LogP contribution in [-0.2, 0) is 14.1 Å². The summed E-state index contributed by atoms with van der Waals surface area (Å²) in [6, 6.07) is 11.5. The van der Waals surface area contributed by atoms with Gasteiger partial charge in [0.15, 0.2) is 0 Å². The van der Waals surface area contributed by atoms with E-state index in [4.69, 9.17) is 0 Å². The number of aromatic nitrogens is 4. The Morgan fingerprint density at radius 3 is 2.62 bits per heavy atom. The van der Waals surface area contributed by atoms with E-state index >= 15 is 0 Å². The summed E-state index contributed by atoms with van der Waals surface area (Å²) < 4.78 is 17.2.